The van der Waals surface area contributed by atoms with Gasteiger partial charge in [-0.05, 0) is 0 Å². The first kappa shape index (κ1) is 16.0. The highest BCUT2D eigenvalue weighted by Crippen LogP contribution is 2.33. The lowest BCUT2D eigenvalue weighted by molar-refractivity contribution is -0.435. The van der Waals surface area contributed by atoms with Crippen LogP contribution in [0.25, 0.3) is 0 Å². The van der Waals surface area contributed by atoms with Crippen molar-refractivity contribution in [3.63, 3.8) is 0 Å². The van der Waals surface area contributed by atoms with Crippen molar-refractivity contribution in [3.8, 4) is 0 Å². The zero-order valence-corrected chi connectivity index (χ0v) is 10.3. The summed E-state index contributed by atoms with van der Waals surface area (Å²) < 4.78 is 14.5. The molecule has 0 aliphatic carbocycles. The number of ether oxygens (including phenoxy) is 3. The Kier molecular flexibility index (Phi) is 4.61. The van der Waals surface area contributed by atoms with Crippen LogP contribution < -0.4 is 0 Å². The topological polar surface area (TPSA) is 169 Å². The van der Waals surface area contributed by atoms with E-state index in [1.807, 2.05) is 0 Å². The van der Waals surface area contributed by atoms with Gasteiger partial charge in [-0.15, -0.1) is 0 Å². The molecule has 8 atom stereocenters. The van der Waals surface area contributed by atoms with Gasteiger partial charge in [0.15, 0.2) is 12.4 Å². The third kappa shape index (κ3) is 2.67. The second kappa shape index (κ2) is 5.77. The lowest BCUT2D eigenvalue weighted by Gasteiger charge is -2.38. The summed E-state index contributed by atoms with van der Waals surface area (Å²) in [5.41, 5.74) is 0. The van der Waals surface area contributed by atoms with Crippen LogP contribution >= 0.6 is 0 Å². The summed E-state index contributed by atoms with van der Waals surface area (Å²) in [4.78, 5) is 0. The minimum atomic E-state index is -2.72. The predicted molar refractivity (Wildman–Crippen MR) is 57.8 cm³/mol. The van der Waals surface area contributed by atoms with E-state index in [2.05, 4.69) is 0 Å². The van der Waals surface area contributed by atoms with E-state index in [0.29, 0.717) is 0 Å². The summed E-state index contributed by atoms with van der Waals surface area (Å²) in [6.07, 6.45) is -11.0. The van der Waals surface area contributed by atoms with E-state index in [-0.39, 0.29) is 6.61 Å². The van der Waals surface area contributed by atoms with E-state index in [0.717, 1.165) is 0 Å². The summed E-state index contributed by atoms with van der Waals surface area (Å²) in [7, 11) is 0. The van der Waals surface area contributed by atoms with Gasteiger partial charge < -0.3 is 45.2 Å². The van der Waals surface area contributed by atoms with Gasteiger partial charge in [-0.1, -0.05) is 0 Å². The Bertz CT molecular complexity index is 340. The first-order valence-corrected chi connectivity index (χ1v) is 6.01. The Morgan fingerprint density at radius 1 is 1.05 bits per heavy atom. The average Bonchev–Trinajstić information content (AvgIpc) is 2.64. The summed E-state index contributed by atoms with van der Waals surface area (Å²) in [5.74, 6) is -2.72. The van der Waals surface area contributed by atoms with E-state index in [9.17, 15) is 30.6 Å². The molecule has 2 rings (SSSR count). The van der Waals surface area contributed by atoms with Gasteiger partial charge in [0.05, 0.1) is 13.2 Å². The van der Waals surface area contributed by atoms with E-state index < -0.39 is 55.5 Å². The molecule has 0 radical (unpaired) electrons. The Morgan fingerprint density at radius 2 is 1.70 bits per heavy atom. The fourth-order valence-electron chi connectivity index (χ4n) is 2.07. The number of aliphatic hydroxyl groups excluding tert-OH is 6. The maximum atomic E-state index is 9.95. The molecule has 2 fully saturated rings. The van der Waals surface area contributed by atoms with Gasteiger partial charge in [-0.2, -0.15) is 0 Å². The number of rotatable bonds is 3. The molecule has 7 N–H and O–H groups in total. The third-order valence-electron chi connectivity index (χ3n) is 3.32. The summed E-state index contributed by atoms with van der Waals surface area (Å²) in [5, 5.41) is 66.4. The fraction of sp³-hybridized carbons (Fsp3) is 1.00. The Balaban J connectivity index is 2.05. The lowest BCUT2D eigenvalue weighted by atomic mass is 10.1. The minimum absolute atomic E-state index is 0.374. The highest BCUT2D eigenvalue weighted by molar-refractivity contribution is 4.92. The predicted octanol–water partition coefficient (Wildman–Crippen LogP) is -4.80. The quantitative estimate of drug-likeness (QED) is 0.251. The van der Waals surface area contributed by atoms with Crippen LogP contribution in [-0.2, 0) is 14.2 Å². The molecule has 0 aromatic heterocycles. The molecule has 0 aromatic carbocycles. The summed E-state index contributed by atoms with van der Waals surface area (Å²) in [6, 6.07) is 0. The Hall–Kier alpha value is -0.400. The van der Waals surface area contributed by atoms with Crippen molar-refractivity contribution in [2.75, 3.05) is 13.2 Å². The molecule has 2 aliphatic rings. The van der Waals surface area contributed by atoms with Crippen LogP contribution in [0.3, 0.4) is 0 Å². The van der Waals surface area contributed by atoms with Crippen LogP contribution in [0.5, 0.6) is 0 Å². The lowest BCUT2D eigenvalue weighted by Crippen LogP contribution is -2.58. The number of hydrogen-bond acceptors (Lipinski definition) is 10. The van der Waals surface area contributed by atoms with Crippen LogP contribution in [-0.4, -0.2) is 97.8 Å². The molecule has 10 heteroatoms. The van der Waals surface area contributed by atoms with Gasteiger partial charge in [0.25, 0.3) is 0 Å². The molecule has 2 heterocycles. The molecule has 2 aliphatic heterocycles. The molecular weight excluding hydrogens is 280 g/mol. The smallest absolute Gasteiger partial charge is 0.313 e. The van der Waals surface area contributed by atoms with Crippen molar-refractivity contribution in [3.05, 3.63) is 0 Å². The van der Waals surface area contributed by atoms with Gasteiger partial charge in [-0.3, -0.25) is 4.74 Å². The van der Waals surface area contributed by atoms with Gasteiger partial charge in [0, 0.05) is 0 Å². The fourth-order valence-corrected chi connectivity index (χ4v) is 2.07. The van der Waals surface area contributed by atoms with E-state index in [4.69, 9.17) is 19.3 Å². The molecule has 10 nitrogen and oxygen atoms in total. The van der Waals surface area contributed by atoms with Crippen molar-refractivity contribution < 1.29 is 50.0 Å². The normalized spacial score (nSPS) is 53.2. The zero-order chi connectivity index (χ0) is 15.1. The highest BCUT2D eigenvalue weighted by atomic mass is 16.9. The largest absolute Gasteiger partial charge is 0.394 e. The molecule has 0 aromatic rings. The maximum Gasteiger partial charge on any atom is 0.313 e. The maximum absolute atomic E-state index is 9.95. The van der Waals surface area contributed by atoms with Gasteiger partial charge in [-0.25, -0.2) is 0 Å². The van der Waals surface area contributed by atoms with E-state index in [1.54, 1.807) is 0 Å². The summed E-state index contributed by atoms with van der Waals surface area (Å²) >= 11 is 0. The zero-order valence-electron chi connectivity index (χ0n) is 10.3. The second-order valence-electron chi connectivity index (χ2n) is 4.77. The van der Waals surface area contributed by atoms with Crippen LogP contribution in [0.4, 0.5) is 0 Å². The molecule has 118 valence electrons. The van der Waals surface area contributed by atoms with Crippen LogP contribution in [0.1, 0.15) is 0 Å². The van der Waals surface area contributed by atoms with Crippen LogP contribution in [0.2, 0.25) is 0 Å². The Labute approximate surface area is 113 Å². The first-order chi connectivity index (χ1) is 9.30. The number of hydrogen-bond donors (Lipinski definition) is 7. The van der Waals surface area contributed by atoms with Crippen LogP contribution in [0, 0.1) is 0 Å². The molecule has 0 bridgehead atoms. The van der Waals surface area contributed by atoms with Gasteiger partial charge in [0.1, 0.15) is 30.5 Å². The second-order valence-corrected chi connectivity index (χ2v) is 4.77. The van der Waals surface area contributed by atoms with Gasteiger partial charge >= 0.3 is 5.97 Å². The SMILES string of the molecule is OC[C@H]1O[C@](O)(O[C@H]2OC[C@@H](O)[C@H](O)[C@H]2O)[C@@H](O)[C@@H]1O. The minimum Gasteiger partial charge on any atom is -0.394 e. The van der Waals surface area contributed by atoms with Crippen molar-refractivity contribution in [1.82, 2.24) is 0 Å². The standard InChI is InChI=1S/C10H18O10/c11-1-4-6(14)8(16)10(17,19-4)20-9-7(15)5(13)3(12)2-18-9/h3-9,11-17H,1-2H2/t3-,4-,5+,6-,7-,8+,9-,10+/m1/s1. The molecule has 0 amide bonds. The molecule has 0 unspecified atom stereocenters. The van der Waals surface area contributed by atoms with Gasteiger partial charge in [0.2, 0.25) is 0 Å². The van der Waals surface area contributed by atoms with Crippen molar-refractivity contribution >= 4 is 0 Å². The molecular formula is C10H18O10. The highest BCUT2D eigenvalue weighted by Gasteiger charge is 2.57. The van der Waals surface area contributed by atoms with E-state index in [1.165, 1.54) is 0 Å². The monoisotopic (exact) mass is 298 g/mol. The third-order valence-corrected chi connectivity index (χ3v) is 3.32. The Morgan fingerprint density at radius 3 is 2.25 bits per heavy atom. The molecule has 2 saturated heterocycles. The summed E-state index contributed by atoms with van der Waals surface area (Å²) in [6.45, 7) is -1.06. The van der Waals surface area contributed by atoms with Crippen molar-refractivity contribution in [1.29, 1.82) is 0 Å². The molecule has 0 saturated carbocycles. The van der Waals surface area contributed by atoms with E-state index >= 15 is 0 Å². The molecule has 0 spiro atoms. The van der Waals surface area contributed by atoms with Crippen molar-refractivity contribution in [2.24, 2.45) is 0 Å². The first-order valence-electron chi connectivity index (χ1n) is 6.01. The van der Waals surface area contributed by atoms with Crippen LogP contribution in [0.15, 0.2) is 0 Å². The molecule has 20 heavy (non-hydrogen) atoms. The average molecular weight is 298 g/mol. The number of aliphatic hydroxyl groups is 7. The van der Waals surface area contributed by atoms with Crippen molar-refractivity contribution in [2.45, 2.75) is 48.9 Å².